The lowest BCUT2D eigenvalue weighted by Gasteiger charge is -2.10. The van der Waals surface area contributed by atoms with Gasteiger partial charge in [0.2, 0.25) is 0 Å². The second-order valence-electron chi connectivity index (χ2n) is 3.78. The number of nitrogens with zero attached hydrogens (tertiary/aromatic N) is 1. The average molecular weight is 350 g/mol. The second-order valence-corrected chi connectivity index (χ2v) is 6.68. The molecule has 0 saturated carbocycles. The third kappa shape index (κ3) is 6.66. The number of rotatable bonds is 7. The molecule has 1 rings (SSSR count). The minimum absolute atomic E-state index is 0.820. The summed E-state index contributed by atoms with van der Waals surface area (Å²) in [5, 5.41) is 8.73. The lowest BCUT2D eigenvalue weighted by atomic mass is 10.3. The van der Waals surface area contributed by atoms with E-state index in [-0.39, 0.29) is 0 Å². The van der Waals surface area contributed by atoms with E-state index in [0.717, 1.165) is 23.5 Å². The lowest BCUT2D eigenvalue weighted by molar-refractivity contribution is 0.734. The van der Waals surface area contributed by atoms with Crippen molar-refractivity contribution in [3.05, 3.63) is 20.8 Å². The number of aliphatic imine (C=N–C) groups is 1. The molecule has 0 aromatic carbocycles. The van der Waals surface area contributed by atoms with E-state index in [1.54, 1.807) is 11.3 Å². The highest BCUT2D eigenvalue weighted by Gasteiger charge is 2.00. The molecule has 18 heavy (non-hydrogen) atoms. The molecule has 0 aliphatic rings. The van der Waals surface area contributed by atoms with Crippen molar-refractivity contribution < 1.29 is 0 Å². The minimum atomic E-state index is 0.820. The molecule has 0 spiro atoms. The molecule has 6 heteroatoms. The third-order valence-corrected chi connectivity index (χ3v) is 4.74. The summed E-state index contributed by atoms with van der Waals surface area (Å²) in [5.74, 6) is 2.11. The van der Waals surface area contributed by atoms with Gasteiger partial charge in [0.1, 0.15) is 0 Å². The molecule has 1 aromatic rings. The Morgan fingerprint density at radius 3 is 2.89 bits per heavy atom. The zero-order valence-corrected chi connectivity index (χ0v) is 14.1. The maximum Gasteiger partial charge on any atom is 0.191 e. The number of nitrogens with one attached hydrogen (secondary N) is 2. The van der Waals surface area contributed by atoms with Crippen LogP contribution in [0.1, 0.15) is 17.7 Å². The molecule has 0 amide bonds. The van der Waals surface area contributed by atoms with E-state index in [0.29, 0.717) is 0 Å². The molecule has 1 heterocycles. The van der Waals surface area contributed by atoms with Crippen LogP contribution in [0.15, 0.2) is 20.9 Å². The summed E-state index contributed by atoms with van der Waals surface area (Å²) in [4.78, 5) is 5.51. The van der Waals surface area contributed by atoms with Crippen LogP contribution in [0.4, 0.5) is 0 Å². The maximum atomic E-state index is 4.21. The first-order valence-corrected chi connectivity index (χ1v) is 8.99. The number of thioether (sulfide) groups is 1. The Balaban J connectivity index is 2.18. The van der Waals surface area contributed by atoms with Gasteiger partial charge in [0.25, 0.3) is 0 Å². The number of hydrogen-bond acceptors (Lipinski definition) is 3. The Labute approximate surface area is 126 Å². The van der Waals surface area contributed by atoms with E-state index < -0.39 is 0 Å². The maximum absolute atomic E-state index is 4.21. The van der Waals surface area contributed by atoms with E-state index in [2.05, 4.69) is 49.3 Å². The standard InChI is InChI=1S/C12H20BrN3S2/c1-14-12(15-5-3-4-6-17-2)16-8-11-7-10(13)9-18-11/h7,9H,3-6,8H2,1-2H3,(H2,14,15,16). The molecule has 102 valence electrons. The molecular formula is C12H20BrN3S2. The summed E-state index contributed by atoms with van der Waals surface area (Å²) >= 11 is 7.10. The summed E-state index contributed by atoms with van der Waals surface area (Å²) in [6.45, 7) is 1.80. The van der Waals surface area contributed by atoms with Gasteiger partial charge in [-0.15, -0.1) is 11.3 Å². The van der Waals surface area contributed by atoms with Crippen LogP contribution in [-0.4, -0.2) is 31.6 Å². The van der Waals surface area contributed by atoms with Crippen LogP contribution >= 0.6 is 39.0 Å². The second kappa shape index (κ2) is 9.69. The minimum Gasteiger partial charge on any atom is -0.356 e. The summed E-state index contributed by atoms with van der Waals surface area (Å²) in [5.41, 5.74) is 0. The molecule has 0 aliphatic heterocycles. The van der Waals surface area contributed by atoms with Gasteiger partial charge in [0.15, 0.2) is 5.96 Å². The quantitative estimate of drug-likeness (QED) is 0.450. The van der Waals surface area contributed by atoms with E-state index in [1.807, 2.05) is 18.8 Å². The van der Waals surface area contributed by atoms with Gasteiger partial charge in [0, 0.05) is 28.3 Å². The summed E-state index contributed by atoms with van der Waals surface area (Å²) < 4.78 is 1.14. The zero-order valence-electron chi connectivity index (χ0n) is 10.8. The highest BCUT2D eigenvalue weighted by atomic mass is 79.9. The Hall–Kier alpha value is -0.200. The topological polar surface area (TPSA) is 36.4 Å². The number of guanidine groups is 1. The highest BCUT2D eigenvalue weighted by molar-refractivity contribution is 9.10. The van der Waals surface area contributed by atoms with Gasteiger partial charge >= 0.3 is 0 Å². The Morgan fingerprint density at radius 2 is 2.28 bits per heavy atom. The first-order chi connectivity index (χ1) is 8.76. The summed E-state index contributed by atoms with van der Waals surface area (Å²) in [6, 6.07) is 2.13. The van der Waals surface area contributed by atoms with Gasteiger partial charge in [0.05, 0.1) is 6.54 Å². The fraction of sp³-hybridized carbons (Fsp3) is 0.583. The number of thiophene rings is 1. The predicted molar refractivity (Wildman–Crippen MR) is 87.8 cm³/mol. The van der Waals surface area contributed by atoms with Gasteiger partial charge in [-0.1, -0.05) is 0 Å². The molecule has 0 fully saturated rings. The molecular weight excluding hydrogens is 330 g/mol. The molecule has 0 unspecified atom stereocenters. The molecule has 0 aliphatic carbocycles. The Bertz CT molecular complexity index is 366. The monoisotopic (exact) mass is 349 g/mol. The van der Waals surface area contributed by atoms with Gasteiger partial charge in [-0.05, 0) is 46.8 Å². The van der Waals surface area contributed by atoms with Crippen molar-refractivity contribution in [2.75, 3.05) is 25.6 Å². The zero-order chi connectivity index (χ0) is 13.2. The number of unbranched alkanes of at least 4 members (excludes halogenated alkanes) is 1. The van der Waals surface area contributed by atoms with E-state index in [1.165, 1.54) is 23.5 Å². The van der Waals surface area contributed by atoms with Crippen molar-refractivity contribution in [1.29, 1.82) is 0 Å². The van der Waals surface area contributed by atoms with Crippen LogP contribution in [-0.2, 0) is 6.54 Å². The largest absolute Gasteiger partial charge is 0.356 e. The van der Waals surface area contributed by atoms with Crippen LogP contribution in [0.25, 0.3) is 0 Å². The predicted octanol–water partition coefficient (Wildman–Crippen LogP) is 3.32. The number of hydrogen-bond donors (Lipinski definition) is 2. The Kier molecular flexibility index (Phi) is 8.54. The van der Waals surface area contributed by atoms with Crippen molar-refractivity contribution in [2.45, 2.75) is 19.4 Å². The Morgan fingerprint density at radius 1 is 1.44 bits per heavy atom. The van der Waals surface area contributed by atoms with E-state index >= 15 is 0 Å². The van der Waals surface area contributed by atoms with Gasteiger partial charge in [-0.25, -0.2) is 0 Å². The molecule has 0 radical (unpaired) electrons. The van der Waals surface area contributed by atoms with Gasteiger partial charge in [-0.3, -0.25) is 4.99 Å². The van der Waals surface area contributed by atoms with Crippen LogP contribution in [0, 0.1) is 0 Å². The van der Waals surface area contributed by atoms with E-state index in [4.69, 9.17) is 0 Å². The SMILES string of the molecule is CN=C(NCCCCSC)NCc1cc(Br)cs1. The first kappa shape index (κ1) is 15.9. The lowest BCUT2D eigenvalue weighted by Crippen LogP contribution is -2.37. The first-order valence-electron chi connectivity index (χ1n) is 5.92. The molecule has 2 N–H and O–H groups in total. The summed E-state index contributed by atoms with van der Waals surface area (Å²) in [7, 11) is 1.81. The molecule has 0 bridgehead atoms. The van der Waals surface area contributed by atoms with Gasteiger partial charge in [-0.2, -0.15) is 11.8 Å². The smallest absolute Gasteiger partial charge is 0.191 e. The highest BCUT2D eigenvalue weighted by Crippen LogP contribution is 2.19. The van der Waals surface area contributed by atoms with Crippen molar-refractivity contribution in [3.8, 4) is 0 Å². The average Bonchev–Trinajstić information content (AvgIpc) is 2.78. The molecule has 0 saturated heterocycles. The fourth-order valence-electron chi connectivity index (χ4n) is 1.42. The van der Waals surface area contributed by atoms with Crippen molar-refractivity contribution >= 4 is 45.0 Å². The molecule has 0 atom stereocenters. The van der Waals surface area contributed by atoms with Gasteiger partial charge < -0.3 is 10.6 Å². The summed E-state index contributed by atoms with van der Waals surface area (Å²) in [6.07, 6.45) is 4.59. The van der Waals surface area contributed by atoms with Crippen LogP contribution in [0.5, 0.6) is 0 Å². The van der Waals surface area contributed by atoms with Crippen molar-refractivity contribution in [2.24, 2.45) is 4.99 Å². The molecule has 1 aromatic heterocycles. The van der Waals surface area contributed by atoms with Crippen molar-refractivity contribution in [1.82, 2.24) is 10.6 Å². The fourth-order valence-corrected chi connectivity index (χ4v) is 3.30. The number of halogens is 1. The molecule has 3 nitrogen and oxygen atoms in total. The van der Waals surface area contributed by atoms with E-state index in [9.17, 15) is 0 Å². The van der Waals surface area contributed by atoms with Crippen molar-refractivity contribution in [3.63, 3.8) is 0 Å². The van der Waals surface area contributed by atoms with Crippen LogP contribution < -0.4 is 10.6 Å². The normalized spacial score (nSPS) is 11.6. The third-order valence-electron chi connectivity index (χ3n) is 2.34. The van der Waals surface area contributed by atoms with Crippen LogP contribution in [0.2, 0.25) is 0 Å². The van der Waals surface area contributed by atoms with Crippen LogP contribution in [0.3, 0.4) is 0 Å².